The molecule has 1 saturated carbocycles. The lowest BCUT2D eigenvalue weighted by atomic mass is 10.0. The lowest BCUT2D eigenvalue weighted by Gasteiger charge is -2.27. The molecule has 4 rings (SSSR count). The van der Waals surface area contributed by atoms with Crippen LogP contribution in [0.4, 0.5) is 0 Å². The largest absolute Gasteiger partial charge is 0.488 e. The molecule has 2 heterocycles. The summed E-state index contributed by atoms with van der Waals surface area (Å²) in [4.78, 5) is 29.9. The van der Waals surface area contributed by atoms with Crippen LogP contribution in [0.2, 0.25) is 0 Å². The van der Waals surface area contributed by atoms with E-state index in [4.69, 9.17) is 4.74 Å². The van der Waals surface area contributed by atoms with Crippen LogP contribution in [0.15, 0.2) is 30.3 Å². The van der Waals surface area contributed by atoms with Gasteiger partial charge in [0.05, 0.1) is 6.54 Å². The maximum absolute atomic E-state index is 13.1. The minimum absolute atomic E-state index is 0.116. The number of carbonyl (C=O) groups is 2. The molecule has 3 fully saturated rings. The summed E-state index contributed by atoms with van der Waals surface area (Å²) in [7, 11) is 0. The molecule has 3 aliphatic rings. The molecule has 5 nitrogen and oxygen atoms in total. The van der Waals surface area contributed by atoms with Crippen LogP contribution in [-0.2, 0) is 9.59 Å². The van der Waals surface area contributed by atoms with E-state index in [1.807, 2.05) is 40.1 Å². The highest BCUT2D eigenvalue weighted by Gasteiger charge is 2.42. The summed E-state index contributed by atoms with van der Waals surface area (Å²) in [5.74, 6) is 1.74. The van der Waals surface area contributed by atoms with Gasteiger partial charge in [-0.25, -0.2) is 0 Å². The van der Waals surface area contributed by atoms with Crippen molar-refractivity contribution in [2.24, 2.45) is 5.92 Å². The van der Waals surface area contributed by atoms with Gasteiger partial charge in [-0.15, -0.1) is 0 Å². The van der Waals surface area contributed by atoms with E-state index in [0.29, 0.717) is 25.3 Å². The lowest BCUT2D eigenvalue weighted by molar-refractivity contribution is -0.143. The van der Waals surface area contributed by atoms with Gasteiger partial charge in [0, 0.05) is 25.9 Å². The predicted molar refractivity (Wildman–Crippen MR) is 108 cm³/mol. The minimum atomic E-state index is -0.358. The molecule has 2 amide bonds. The van der Waals surface area contributed by atoms with E-state index in [-0.39, 0.29) is 24.0 Å². The summed E-state index contributed by atoms with van der Waals surface area (Å²) in [5, 5.41) is 0. The highest BCUT2D eigenvalue weighted by Crippen LogP contribution is 2.30. The molecule has 0 radical (unpaired) electrons. The molecule has 0 spiro atoms. The lowest BCUT2D eigenvalue weighted by Crippen LogP contribution is -2.47. The van der Waals surface area contributed by atoms with Gasteiger partial charge in [-0.2, -0.15) is 0 Å². The van der Waals surface area contributed by atoms with Crippen molar-refractivity contribution in [1.82, 2.24) is 9.80 Å². The van der Waals surface area contributed by atoms with E-state index in [2.05, 4.69) is 0 Å². The smallest absolute Gasteiger partial charge is 0.245 e. The SMILES string of the molecule is O=C([C@@H]1C[C@H](Oc2ccccc2)CN1C(=O)CCC1CCCC1)N1CCCC1. The first-order valence-electron chi connectivity index (χ1n) is 11.0. The minimum Gasteiger partial charge on any atom is -0.488 e. The fourth-order valence-electron chi connectivity index (χ4n) is 5.00. The number of carbonyl (C=O) groups excluding carboxylic acids is 2. The molecule has 0 aromatic heterocycles. The Balaban J connectivity index is 1.42. The standard InChI is InChI=1S/C23H32N2O3/c26-22(13-12-18-8-4-5-9-18)25-17-20(28-19-10-2-1-3-11-19)16-21(25)23(27)24-14-6-7-15-24/h1-3,10-11,18,20-21H,4-9,12-17H2/t20-,21-/m0/s1. The second kappa shape index (κ2) is 8.97. The molecule has 1 aromatic rings. The third-order valence-corrected chi connectivity index (χ3v) is 6.57. The van der Waals surface area contributed by atoms with Gasteiger partial charge in [0.25, 0.3) is 0 Å². The Morgan fingerprint density at radius 1 is 1.00 bits per heavy atom. The number of benzene rings is 1. The quantitative estimate of drug-likeness (QED) is 0.753. The Bertz CT molecular complexity index is 666. The maximum atomic E-state index is 13.1. The molecule has 1 aromatic carbocycles. The summed E-state index contributed by atoms with van der Waals surface area (Å²) in [6.07, 6.45) is 9.24. The molecule has 2 aliphatic heterocycles. The molecule has 5 heteroatoms. The first kappa shape index (κ1) is 19.3. The van der Waals surface area contributed by atoms with Gasteiger partial charge < -0.3 is 14.5 Å². The average molecular weight is 385 g/mol. The summed E-state index contributed by atoms with van der Waals surface area (Å²) >= 11 is 0. The normalized spacial score (nSPS) is 25.4. The fraction of sp³-hybridized carbons (Fsp3) is 0.652. The molecule has 2 saturated heterocycles. The van der Waals surface area contributed by atoms with Crippen molar-refractivity contribution in [1.29, 1.82) is 0 Å². The summed E-state index contributed by atoms with van der Waals surface area (Å²) in [6, 6.07) is 9.36. The van der Waals surface area contributed by atoms with E-state index < -0.39 is 0 Å². The average Bonchev–Trinajstić information content (AvgIpc) is 3.48. The van der Waals surface area contributed by atoms with Gasteiger partial charge in [0.15, 0.2) is 0 Å². The van der Waals surface area contributed by atoms with Crippen molar-refractivity contribution in [3.8, 4) is 5.75 Å². The van der Waals surface area contributed by atoms with E-state index >= 15 is 0 Å². The molecule has 1 aliphatic carbocycles. The molecule has 0 bridgehead atoms. The fourth-order valence-corrected chi connectivity index (χ4v) is 5.00. The van der Waals surface area contributed by atoms with Gasteiger partial charge in [0.1, 0.15) is 17.9 Å². The first-order chi connectivity index (χ1) is 13.7. The monoisotopic (exact) mass is 384 g/mol. The van der Waals surface area contributed by atoms with Crippen molar-refractivity contribution in [3.63, 3.8) is 0 Å². The second-order valence-corrected chi connectivity index (χ2v) is 8.57. The van der Waals surface area contributed by atoms with Gasteiger partial charge >= 0.3 is 0 Å². The zero-order valence-electron chi connectivity index (χ0n) is 16.7. The summed E-state index contributed by atoms with van der Waals surface area (Å²) in [6.45, 7) is 2.16. The van der Waals surface area contributed by atoms with Crippen LogP contribution in [0, 0.1) is 5.92 Å². The van der Waals surface area contributed by atoms with E-state index in [1.165, 1.54) is 25.7 Å². The van der Waals surface area contributed by atoms with Crippen LogP contribution in [0.25, 0.3) is 0 Å². The molecule has 28 heavy (non-hydrogen) atoms. The Labute approximate surface area is 168 Å². The van der Waals surface area contributed by atoms with Crippen LogP contribution in [0.5, 0.6) is 5.75 Å². The Morgan fingerprint density at radius 3 is 2.43 bits per heavy atom. The summed E-state index contributed by atoms with van der Waals surface area (Å²) < 4.78 is 6.11. The van der Waals surface area contributed by atoms with Crippen molar-refractivity contribution < 1.29 is 14.3 Å². The first-order valence-corrected chi connectivity index (χ1v) is 11.0. The molecular weight excluding hydrogens is 352 g/mol. The van der Waals surface area contributed by atoms with Gasteiger partial charge in [-0.05, 0) is 37.3 Å². The van der Waals surface area contributed by atoms with Gasteiger partial charge in [-0.1, -0.05) is 43.9 Å². The number of amides is 2. The molecular formula is C23H32N2O3. The van der Waals surface area contributed by atoms with Crippen LogP contribution >= 0.6 is 0 Å². The number of hydrogen-bond acceptors (Lipinski definition) is 3. The zero-order valence-corrected chi connectivity index (χ0v) is 16.7. The molecule has 2 atom stereocenters. The Kier molecular flexibility index (Phi) is 6.18. The van der Waals surface area contributed by atoms with Gasteiger partial charge in [-0.3, -0.25) is 9.59 Å². The number of nitrogens with zero attached hydrogens (tertiary/aromatic N) is 2. The number of hydrogen-bond donors (Lipinski definition) is 0. The van der Waals surface area contributed by atoms with E-state index in [0.717, 1.165) is 38.1 Å². The van der Waals surface area contributed by atoms with Crippen LogP contribution in [0.3, 0.4) is 0 Å². The van der Waals surface area contributed by atoms with E-state index in [1.54, 1.807) is 0 Å². The van der Waals surface area contributed by atoms with Crippen molar-refractivity contribution in [2.45, 2.75) is 69.9 Å². The third kappa shape index (κ3) is 4.50. The van der Waals surface area contributed by atoms with Crippen LogP contribution in [-0.4, -0.2) is 53.4 Å². The molecule has 152 valence electrons. The maximum Gasteiger partial charge on any atom is 0.245 e. The van der Waals surface area contributed by atoms with Gasteiger partial charge in [0.2, 0.25) is 11.8 Å². The zero-order chi connectivity index (χ0) is 19.3. The highest BCUT2D eigenvalue weighted by atomic mass is 16.5. The number of likely N-dealkylation sites (tertiary alicyclic amines) is 2. The molecule has 0 unspecified atom stereocenters. The second-order valence-electron chi connectivity index (χ2n) is 8.57. The van der Waals surface area contributed by atoms with E-state index in [9.17, 15) is 9.59 Å². The van der Waals surface area contributed by atoms with Crippen molar-refractivity contribution >= 4 is 11.8 Å². The Morgan fingerprint density at radius 2 is 1.71 bits per heavy atom. The third-order valence-electron chi connectivity index (χ3n) is 6.57. The molecule has 0 N–H and O–H groups in total. The van der Waals surface area contributed by atoms with Crippen molar-refractivity contribution in [2.75, 3.05) is 19.6 Å². The highest BCUT2D eigenvalue weighted by molar-refractivity contribution is 5.88. The number of rotatable bonds is 6. The van der Waals surface area contributed by atoms with Crippen molar-refractivity contribution in [3.05, 3.63) is 30.3 Å². The topological polar surface area (TPSA) is 49.9 Å². The van der Waals surface area contributed by atoms with Crippen LogP contribution in [0.1, 0.15) is 57.8 Å². The predicted octanol–water partition coefficient (Wildman–Crippen LogP) is 3.63. The van der Waals surface area contributed by atoms with Crippen LogP contribution < -0.4 is 4.74 Å². The number of para-hydroxylation sites is 1. The Hall–Kier alpha value is -2.04. The summed E-state index contributed by atoms with van der Waals surface area (Å²) in [5.41, 5.74) is 0. The number of ether oxygens (including phenoxy) is 1.